The van der Waals surface area contributed by atoms with Crippen molar-refractivity contribution in [1.82, 2.24) is 0 Å². The van der Waals surface area contributed by atoms with Gasteiger partial charge in [-0.1, -0.05) is 0 Å². The molecule has 0 spiro atoms. The number of hydrogen-bond acceptors (Lipinski definition) is 6. The Hall–Kier alpha value is 0.430. The van der Waals surface area contributed by atoms with E-state index in [-0.39, 0.29) is 11.8 Å². The molecule has 0 radical (unpaired) electrons. The minimum absolute atomic E-state index is 0.244. The lowest BCUT2D eigenvalue weighted by molar-refractivity contribution is 0.588. The maximum Gasteiger partial charge on any atom is 0.178 e. The molecule has 6 nitrogen and oxygen atoms in total. The third-order valence-corrected chi connectivity index (χ3v) is 9.72. The van der Waals surface area contributed by atoms with Crippen LogP contribution in [0.15, 0.2) is 0 Å². The molecule has 0 rings (SSSR count). The maximum absolute atomic E-state index is 11.4. The van der Waals surface area contributed by atoms with Gasteiger partial charge in [-0.2, -0.15) is 0 Å². The molecule has 0 aromatic rings. The molecule has 0 aliphatic carbocycles. The molecule has 104 valence electrons. The lowest BCUT2D eigenvalue weighted by Crippen LogP contribution is -2.27. The average Bonchev–Trinajstić information content (AvgIpc) is 1.96. The number of alkyl halides is 2. The highest BCUT2D eigenvalue weighted by atomic mass is 35.5. The zero-order valence-corrected chi connectivity index (χ0v) is 12.6. The van der Waals surface area contributed by atoms with Crippen LogP contribution in [-0.4, -0.2) is 58.7 Å². The van der Waals surface area contributed by atoms with Gasteiger partial charge in [0.1, 0.15) is 0 Å². The van der Waals surface area contributed by atoms with Crippen molar-refractivity contribution in [2.24, 2.45) is 0 Å². The summed E-state index contributed by atoms with van der Waals surface area (Å²) in [5.41, 5.74) is 0. The van der Waals surface area contributed by atoms with Crippen LogP contribution < -0.4 is 0 Å². The summed E-state index contributed by atoms with van der Waals surface area (Å²) in [6, 6.07) is 0. The van der Waals surface area contributed by atoms with E-state index in [9.17, 15) is 25.3 Å². The molecule has 0 bridgehead atoms. The summed E-state index contributed by atoms with van der Waals surface area (Å²) in [5.74, 6) is -1.51. The standard InChI is InChI=1S/C6H12Cl2O6S3/c7-1-3-15(9,10)5-17(13,14)6-16(11,12)4-2-8/h1-6H2. The van der Waals surface area contributed by atoms with Crippen molar-refractivity contribution in [1.29, 1.82) is 0 Å². The van der Waals surface area contributed by atoms with Crippen molar-refractivity contribution >= 4 is 52.7 Å². The van der Waals surface area contributed by atoms with E-state index in [2.05, 4.69) is 0 Å². The van der Waals surface area contributed by atoms with Gasteiger partial charge in [-0.3, -0.25) is 0 Å². The average molecular weight is 347 g/mol. The molecule has 17 heavy (non-hydrogen) atoms. The molecule has 0 N–H and O–H groups in total. The number of hydrogen-bond donors (Lipinski definition) is 0. The van der Waals surface area contributed by atoms with Crippen LogP contribution in [0.1, 0.15) is 0 Å². The minimum Gasteiger partial charge on any atom is -0.228 e. The number of rotatable bonds is 8. The first kappa shape index (κ1) is 17.4. The number of sulfone groups is 3. The monoisotopic (exact) mass is 346 g/mol. The Kier molecular flexibility index (Phi) is 6.72. The van der Waals surface area contributed by atoms with E-state index in [1.807, 2.05) is 0 Å². The molecule has 0 fully saturated rings. The second-order valence-electron chi connectivity index (χ2n) is 3.25. The van der Waals surface area contributed by atoms with Gasteiger partial charge in [0.15, 0.2) is 39.7 Å². The Morgan fingerprint density at radius 2 is 0.882 bits per heavy atom. The molecule has 11 heteroatoms. The summed E-state index contributed by atoms with van der Waals surface area (Å²) >= 11 is 10.4. The van der Waals surface area contributed by atoms with Crippen LogP contribution in [-0.2, 0) is 29.5 Å². The molecule has 0 saturated carbocycles. The summed E-state index contributed by atoms with van der Waals surface area (Å²) in [5, 5.41) is -2.43. The molecule has 0 aliphatic heterocycles. The summed E-state index contributed by atoms with van der Waals surface area (Å²) in [7, 11) is -12.0. The predicted molar refractivity (Wildman–Crippen MR) is 67.7 cm³/mol. The van der Waals surface area contributed by atoms with E-state index in [0.29, 0.717) is 0 Å². The highest BCUT2D eigenvalue weighted by Crippen LogP contribution is 2.05. The smallest absolute Gasteiger partial charge is 0.178 e. The van der Waals surface area contributed by atoms with Gasteiger partial charge >= 0.3 is 0 Å². The molecule has 0 aromatic heterocycles. The maximum atomic E-state index is 11.4. The van der Waals surface area contributed by atoms with Gasteiger partial charge in [0.05, 0.1) is 11.5 Å². The van der Waals surface area contributed by atoms with E-state index in [1.165, 1.54) is 0 Å². The minimum atomic E-state index is -4.23. The fraction of sp³-hybridized carbons (Fsp3) is 1.00. The van der Waals surface area contributed by atoms with Gasteiger partial charge in [-0.25, -0.2) is 25.3 Å². The Morgan fingerprint density at radius 3 is 1.12 bits per heavy atom. The van der Waals surface area contributed by atoms with Crippen LogP contribution in [0.2, 0.25) is 0 Å². The van der Waals surface area contributed by atoms with Crippen molar-refractivity contribution in [2.75, 3.05) is 33.4 Å². The summed E-state index contributed by atoms with van der Waals surface area (Å²) in [6.07, 6.45) is 0. The molecule has 0 atom stereocenters. The molecule has 0 aromatic carbocycles. The largest absolute Gasteiger partial charge is 0.228 e. The predicted octanol–water partition coefficient (Wildman–Crippen LogP) is -0.377. The van der Waals surface area contributed by atoms with E-state index in [0.717, 1.165) is 0 Å². The highest BCUT2D eigenvalue weighted by Gasteiger charge is 2.27. The van der Waals surface area contributed by atoms with Gasteiger partial charge in [0.25, 0.3) is 0 Å². The van der Waals surface area contributed by atoms with E-state index < -0.39 is 51.2 Å². The van der Waals surface area contributed by atoms with Crippen LogP contribution >= 0.6 is 23.2 Å². The quantitative estimate of drug-likeness (QED) is 0.555. The van der Waals surface area contributed by atoms with Crippen LogP contribution in [0.3, 0.4) is 0 Å². The van der Waals surface area contributed by atoms with E-state index in [4.69, 9.17) is 23.2 Å². The zero-order valence-electron chi connectivity index (χ0n) is 8.67. The molecular formula is C6H12Cl2O6S3. The van der Waals surface area contributed by atoms with Crippen molar-refractivity contribution in [3.63, 3.8) is 0 Å². The third-order valence-electron chi connectivity index (χ3n) is 1.49. The lowest BCUT2D eigenvalue weighted by Gasteiger charge is -2.05. The van der Waals surface area contributed by atoms with Crippen molar-refractivity contribution in [3.8, 4) is 0 Å². The van der Waals surface area contributed by atoms with Gasteiger partial charge < -0.3 is 0 Å². The van der Waals surface area contributed by atoms with E-state index in [1.54, 1.807) is 0 Å². The summed E-state index contributed by atoms with van der Waals surface area (Å²) < 4.78 is 67.6. The molecule has 0 heterocycles. The molecule has 0 aliphatic rings. The van der Waals surface area contributed by atoms with Crippen LogP contribution in [0.5, 0.6) is 0 Å². The Bertz CT molecular complexity index is 488. The molecule has 0 unspecified atom stereocenters. The Morgan fingerprint density at radius 1 is 0.588 bits per heavy atom. The van der Waals surface area contributed by atoms with Crippen molar-refractivity contribution in [3.05, 3.63) is 0 Å². The fourth-order valence-corrected chi connectivity index (χ4v) is 9.02. The van der Waals surface area contributed by atoms with E-state index >= 15 is 0 Å². The van der Waals surface area contributed by atoms with Crippen molar-refractivity contribution in [2.45, 2.75) is 0 Å². The van der Waals surface area contributed by atoms with Crippen LogP contribution in [0, 0.1) is 0 Å². The summed E-state index contributed by atoms with van der Waals surface area (Å²) in [4.78, 5) is 0. The van der Waals surface area contributed by atoms with Gasteiger partial charge in [0.2, 0.25) is 0 Å². The first-order chi connectivity index (χ1) is 7.54. The third kappa shape index (κ3) is 8.20. The van der Waals surface area contributed by atoms with Gasteiger partial charge in [0, 0.05) is 11.8 Å². The molecule has 0 amide bonds. The second kappa shape index (κ2) is 6.55. The van der Waals surface area contributed by atoms with Gasteiger partial charge in [-0.15, -0.1) is 23.2 Å². The second-order valence-corrected chi connectivity index (χ2v) is 11.2. The van der Waals surface area contributed by atoms with Gasteiger partial charge in [-0.05, 0) is 0 Å². The first-order valence-corrected chi connectivity index (χ1v) is 10.8. The summed E-state index contributed by atoms with van der Waals surface area (Å²) in [6.45, 7) is 0. The molecular weight excluding hydrogens is 335 g/mol. The van der Waals surface area contributed by atoms with Crippen LogP contribution in [0.4, 0.5) is 0 Å². The number of halogens is 2. The lowest BCUT2D eigenvalue weighted by atomic mass is 11.0. The first-order valence-electron chi connectivity index (χ1n) is 4.27. The Balaban J connectivity index is 4.85. The van der Waals surface area contributed by atoms with Crippen LogP contribution in [0.25, 0.3) is 0 Å². The topological polar surface area (TPSA) is 102 Å². The molecule has 0 saturated heterocycles. The zero-order chi connectivity index (χ0) is 13.7. The Labute approximate surface area is 111 Å². The SMILES string of the molecule is O=S(=O)(CCCl)CS(=O)(=O)CS(=O)(=O)CCCl. The fourth-order valence-electron chi connectivity index (χ4n) is 0.934. The normalized spacial score (nSPS) is 13.8. The van der Waals surface area contributed by atoms with Crippen molar-refractivity contribution < 1.29 is 25.3 Å². The highest BCUT2D eigenvalue weighted by molar-refractivity contribution is 8.14.